The zero-order valence-corrected chi connectivity index (χ0v) is 12.7. The van der Waals surface area contributed by atoms with Crippen LogP contribution in [-0.2, 0) is 0 Å². The molecule has 0 atom stereocenters. The van der Waals surface area contributed by atoms with Crippen molar-refractivity contribution in [1.29, 1.82) is 0 Å². The fourth-order valence-corrected chi connectivity index (χ4v) is 2.47. The van der Waals surface area contributed by atoms with Gasteiger partial charge >= 0.3 is 0 Å². The van der Waals surface area contributed by atoms with Gasteiger partial charge in [0.05, 0.1) is 12.2 Å². The van der Waals surface area contributed by atoms with Crippen LogP contribution in [0, 0.1) is 0 Å². The van der Waals surface area contributed by atoms with Crippen LogP contribution in [0.15, 0.2) is 24.3 Å². The van der Waals surface area contributed by atoms with E-state index in [9.17, 15) is 4.79 Å². The molecule has 1 aliphatic heterocycles. The van der Waals surface area contributed by atoms with Crippen LogP contribution in [0.2, 0.25) is 0 Å². The number of piperazine rings is 1. The molecular formula is C16H25N3O2. The minimum absolute atomic E-state index is 0.0561. The van der Waals surface area contributed by atoms with Crippen molar-refractivity contribution in [3.63, 3.8) is 0 Å². The van der Waals surface area contributed by atoms with Crippen molar-refractivity contribution < 1.29 is 9.53 Å². The Morgan fingerprint density at radius 1 is 1.33 bits per heavy atom. The number of amides is 1. The molecule has 1 aromatic carbocycles. The van der Waals surface area contributed by atoms with E-state index in [1.165, 1.54) is 0 Å². The van der Waals surface area contributed by atoms with E-state index in [1.54, 1.807) is 6.07 Å². The average Bonchev–Trinajstić information content (AvgIpc) is 2.53. The van der Waals surface area contributed by atoms with Gasteiger partial charge in [-0.1, -0.05) is 12.1 Å². The van der Waals surface area contributed by atoms with Gasteiger partial charge in [-0.15, -0.1) is 0 Å². The normalized spacial score (nSPS) is 15.7. The predicted molar refractivity (Wildman–Crippen MR) is 83.9 cm³/mol. The lowest BCUT2D eigenvalue weighted by molar-refractivity contribution is 0.0947. The van der Waals surface area contributed by atoms with Gasteiger partial charge in [0.15, 0.2) is 0 Å². The van der Waals surface area contributed by atoms with Gasteiger partial charge in [0.2, 0.25) is 0 Å². The second-order valence-electron chi connectivity index (χ2n) is 5.13. The number of carbonyl (C=O) groups excluding carboxylic acids is 1. The van der Waals surface area contributed by atoms with Crippen LogP contribution in [0.3, 0.4) is 0 Å². The van der Waals surface area contributed by atoms with Crippen molar-refractivity contribution in [3.05, 3.63) is 29.8 Å². The van der Waals surface area contributed by atoms with Gasteiger partial charge in [0.25, 0.3) is 5.91 Å². The van der Waals surface area contributed by atoms with Crippen LogP contribution in [0.5, 0.6) is 5.75 Å². The number of para-hydroxylation sites is 1. The molecule has 0 saturated carbocycles. The number of rotatable bonds is 7. The highest BCUT2D eigenvalue weighted by Crippen LogP contribution is 2.17. The number of hydrogen-bond acceptors (Lipinski definition) is 4. The summed E-state index contributed by atoms with van der Waals surface area (Å²) in [5.41, 5.74) is 0.613. The largest absolute Gasteiger partial charge is 0.493 e. The van der Waals surface area contributed by atoms with E-state index in [2.05, 4.69) is 15.5 Å². The van der Waals surface area contributed by atoms with E-state index >= 15 is 0 Å². The topological polar surface area (TPSA) is 53.6 Å². The average molecular weight is 291 g/mol. The van der Waals surface area contributed by atoms with E-state index in [1.807, 2.05) is 25.1 Å². The van der Waals surface area contributed by atoms with Gasteiger partial charge in [0.1, 0.15) is 5.75 Å². The fraction of sp³-hybridized carbons (Fsp3) is 0.562. The lowest BCUT2D eigenvalue weighted by Gasteiger charge is -2.27. The molecule has 5 nitrogen and oxygen atoms in total. The maximum absolute atomic E-state index is 12.2. The van der Waals surface area contributed by atoms with Gasteiger partial charge in [-0.3, -0.25) is 4.79 Å². The Kier molecular flexibility index (Phi) is 6.50. The summed E-state index contributed by atoms with van der Waals surface area (Å²) < 4.78 is 5.48. The van der Waals surface area contributed by atoms with Crippen LogP contribution in [0.1, 0.15) is 23.7 Å². The highest BCUT2D eigenvalue weighted by Gasteiger charge is 2.12. The molecule has 2 N–H and O–H groups in total. The molecule has 2 rings (SSSR count). The summed E-state index contributed by atoms with van der Waals surface area (Å²) in [5, 5.41) is 6.31. The van der Waals surface area contributed by atoms with E-state index in [4.69, 9.17) is 4.74 Å². The van der Waals surface area contributed by atoms with E-state index in [0.29, 0.717) is 24.5 Å². The van der Waals surface area contributed by atoms with E-state index in [0.717, 1.165) is 39.1 Å². The summed E-state index contributed by atoms with van der Waals surface area (Å²) in [6.45, 7) is 8.54. The Hall–Kier alpha value is -1.59. The van der Waals surface area contributed by atoms with Crippen molar-refractivity contribution in [2.45, 2.75) is 13.3 Å². The van der Waals surface area contributed by atoms with Crippen LogP contribution >= 0.6 is 0 Å². The number of carbonyl (C=O) groups is 1. The van der Waals surface area contributed by atoms with Crippen molar-refractivity contribution >= 4 is 5.91 Å². The van der Waals surface area contributed by atoms with Crippen LogP contribution in [0.4, 0.5) is 0 Å². The molecule has 0 spiro atoms. The van der Waals surface area contributed by atoms with Crippen molar-refractivity contribution in [1.82, 2.24) is 15.5 Å². The van der Waals surface area contributed by atoms with Crippen molar-refractivity contribution in [3.8, 4) is 5.75 Å². The Morgan fingerprint density at radius 3 is 2.86 bits per heavy atom. The molecule has 5 heteroatoms. The minimum Gasteiger partial charge on any atom is -0.493 e. The first-order valence-corrected chi connectivity index (χ1v) is 7.74. The second kappa shape index (κ2) is 8.64. The number of nitrogens with one attached hydrogen (secondary N) is 2. The van der Waals surface area contributed by atoms with Gasteiger partial charge in [-0.05, 0) is 32.0 Å². The highest BCUT2D eigenvalue weighted by atomic mass is 16.5. The summed E-state index contributed by atoms with van der Waals surface area (Å²) in [4.78, 5) is 14.6. The fourth-order valence-electron chi connectivity index (χ4n) is 2.47. The highest BCUT2D eigenvalue weighted by molar-refractivity contribution is 5.96. The zero-order valence-electron chi connectivity index (χ0n) is 12.7. The quantitative estimate of drug-likeness (QED) is 0.739. The third-order valence-electron chi connectivity index (χ3n) is 3.58. The molecule has 0 radical (unpaired) electrons. The molecular weight excluding hydrogens is 266 g/mol. The second-order valence-corrected chi connectivity index (χ2v) is 5.13. The summed E-state index contributed by atoms with van der Waals surface area (Å²) in [6, 6.07) is 7.38. The Balaban J connectivity index is 1.74. The van der Waals surface area contributed by atoms with Gasteiger partial charge in [-0.2, -0.15) is 0 Å². The molecule has 0 unspecified atom stereocenters. The van der Waals surface area contributed by atoms with Crippen molar-refractivity contribution in [2.75, 3.05) is 45.9 Å². The number of nitrogens with zero attached hydrogens (tertiary/aromatic N) is 1. The summed E-state index contributed by atoms with van der Waals surface area (Å²) >= 11 is 0. The molecule has 116 valence electrons. The monoisotopic (exact) mass is 291 g/mol. The van der Waals surface area contributed by atoms with Crippen LogP contribution in [-0.4, -0.2) is 56.7 Å². The summed E-state index contributed by atoms with van der Waals surface area (Å²) in [7, 11) is 0. The van der Waals surface area contributed by atoms with Gasteiger partial charge in [-0.25, -0.2) is 0 Å². The summed E-state index contributed by atoms with van der Waals surface area (Å²) in [6.07, 6.45) is 0.975. The van der Waals surface area contributed by atoms with E-state index in [-0.39, 0.29) is 5.91 Å². The van der Waals surface area contributed by atoms with Gasteiger partial charge in [0, 0.05) is 32.7 Å². The predicted octanol–water partition coefficient (Wildman–Crippen LogP) is 1.11. The molecule has 21 heavy (non-hydrogen) atoms. The van der Waals surface area contributed by atoms with Crippen molar-refractivity contribution in [2.24, 2.45) is 0 Å². The Bertz CT molecular complexity index is 445. The number of ether oxygens (including phenoxy) is 1. The zero-order chi connectivity index (χ0) is 14.9. The molecule has 1 aromatic rings. The Labute approximate surface area is 126 Å². The van der Waals surface area contributed by atoms with E-state index < -0.39 is 0 Å². The lowest BCUT2D eigenvalue weighted by Crippen LogP contribution is -2.44. The smallest absolute Gasteiger partial charge is 0.255 e. The number of hydrogen-bond donors (Lipinski definition) is 2. The standard InChI is InChI=1S/C16H25N3O2/c1-2-21-15-7-4-3-6-14(15)16(20)18-8-5-11-19-12-9-17-10-13-19/h3-4,6-7,17H,2,5,8-13H2,1H3,(H,18,20). The third kappa shape index (κ3) is 5.02. The Morgan fingerprint density at radius 2 is 2.10 bits per heavy atom. The van der Waals surface area contributed by atoms with Crippen LogP contribution in [0.25, 0.3) is 0 Å². The maximum atomic E-state index is 12.2. The third-order valence-corrected chi connectivity index (χ3v) is 3.58. The minimum atomic E-state index is -0.0561. The maximum Gasteiger partial charge on any atom is 0.255 e. The SMILES string of the molecule is CCOc1ccccc1C(=O)NCCCN1CCNCC1. The molecule has 1 heterocycles. The molecule has 1 aliphatic rings. The molecule has 0 aliphatic carbocycles. The number of benzene rings is 1. The van der Waals surface area contributed by atoms with Gasteiger partial charge < -0.3 is 20.3 Å². The molecule has 1 fully saturated rings. The van der Waals surface area contributed by atoms with Crippen LogP contribution < -0.4 is 15.4 Å². The first-order valence-electron chi connectivity index (χ1n) is 7.74. The molecule has 1 amide bonds. The summed E-state index contributed by atoms with van der Waals surface area (Å²) in [5.74, 6) is 0.596. The first kappa shape index (κ1) is 15.8. The molecule has 0 aromatic heterocycles. The first-order chi connectivity index (χ1) is 10.3. The molecule has 1 saturated heterocycles. The lowest BCUT2D eigenvalue weighted by atomic mass is 10.2. The molecule has 0 bridgehead atoms.